The lowest BCUT2D eigenvalue weighted by molar-refractivity contribution is -0.139. The molecule has 1 heterocycles. The molecule has 1 aromatic heterocycles. The number of unbranched alkanes of at least 4 members (excludes halogenated alkanes) is 3. The standard InChI is InChI=1S/C18H30N6O6/c1-12-11-24(17(28)23-14(12)25)9-4-2-3-5-10-30-18(29)22-13(15(26)27)7-6-8-21-16(19)20/h11,13H,2-10H2,1H3,(H,22,29)(H,26,27)(H4,19,20,21)(H,23,25,28)/t13-/m1/s1. The van der Waals surface area contributed by atoms with Gasteiger partial charge < -0.3 is 31.2 Å². The topological polar surface area (TPSA) is 195 Å². The quantitative estimate of drug-likeness (QED) is 0.160. The van der Waals surface area contributed by atoms with Gasteiger partial charge >= 0.3 is 17.8 Å². The van der Waals surface area contributed by atoms with Crippen molar-refractivity contribution in [1.29, 1.82) is 0 Å². The smallest absolute Gasteiger partial charge is 0.407 e. The molecule has 0 saturated heterocycles. The largest absolute Gasteiger partial charge is 0.480 e. The molecule has 0 aliphatic carbocycles. The van der Waals surface area contributed by atoms with Crippen molar-refractivity contribution in [3.05, 3.63) is 32.6 Å². The Hall–Kier alpha value is -3.31. The number of carboxylic acid groups (broad SMARTS) is 1. The second kappa shape index (κ2) is 13.0. The van der Waals surface area contributed by atoms with Crippen molar-refractivity contribution in [2.75, 3.05) is 13.2 Å². The molecule has 0 fully saturated rings. The lowest BCUT2D eigenvalue weighted by Gasteiger charge is -2.14. The number of aliphatic imine (C=N–C) groups is 1. The van der Waals surface area contributed by atoms with Crippen LogP contribution in [-0.4, -0.2) is 51.9 Å². The van der Waals surface area contributed by atoms with E-state index in [-0.39, 0.29) is 31.1 Å². The Morgan fingerprint density at radius 3 is 2.60 bits per heavy atom. The minimum atomic E-state index is -1.16. The molecule has 0 aliphatic heterocycles. The van der Waals surface area contributed by atoms with Crippen LogP contribution >= 0.6 is 0 Å². The average Bonchev–Trinajstić information content (AvgIpc) is 2.66. The number of carbonyl (C=O) groups excluding carboxylic acids is 1. The number of aliphatic carboxylic acids is 1. The number of carboxylic acids is 1. The minimum absolute atomic E-state index is 0.0740. The Bertz CT molecular complexity index is 842. The van der Waals surface area contributed by atoms with Crippen molar-refractivity contribution in [3.63, 3.8) is 0 Å². The molecule has 1 amide bonds. The van der Waals surface area contributed by atoms with E-state index in [1.54, 1.807) is 6.92 Å². The summed E-state index contributed by atoms with van der Waals surface area (Å²) in [6.45, 7) is 2.55. The van der Waals surface area contributed by atoms with Gasteiger partial charge in [0.25, 0.3) is 5.56 Å². The second-order valence-corrected chi connectivity index (χ2v) is 6.80. The molecule has 1 rings (SSSR count). The van der Waals surface area contributed by atoms with Crippen LogP contribution < -0.4 is 28.0 Å². The fourth-order valence-electron chi connectivity index (χ4n) is 2.63. The maximum atomic E-state index is 11.7. The number of rotatable bonds is 13. The van der Waals surface area contributed by atoms with Gasteiger partial charge in [-0.25, -0.2) is 14.4 Å². The van der Waals surface area contributed by atoms with Crippen LogP contribution in [0.4, 0.5) is 4.79 Å². The lowest BCUT2D eigenvalue weighted by Crippen LogP contribution is -2.41. The molecule has 0 bridgehead atoms. The lowest BCUT2D eigenvalue weighted by atomic mass is 10.1. The molecule has 0 spiro atoms. The first-order chi connectivity index (χ1) is 14.2. The summed E-state index contributed by atoms with van der Waals surface area (Å²) in [5, 5.41) is 11.5. The molecule has 0 aromatic carbocycles. The van der Waals surface area contributed by atoms with Crippen molar-refractivity contribution in [2.24, 2.45) is 16.5 Å². The highest BCUT2D eigenvalue weighted by Crippen LogP contribution is 2.03. The fourth-order valence-corrected chi connectivity index (χ4v) is 2.63. The van der Waals surface area contributed by atoms with E-state index in [2.05, 4.69) is 15.3 Å². The van der Waals surface area contributed by atoms with Crippen LogP contribution in [0.15, 0.2) is 20.8 Å². The number of nitrogens with two attached hydrogens (primary N) is 2. The third-order valence-electron chi connectivity index (χ3n) is 4.25. The molecule has 12 heteroatoms. The SMILES string of the molecule is Cc1cn(CCCCCCOC(=O)N[C@H](CCCN=C(N)N)C(=O)O)c(=O)[nH]c1=O. The molecular weight excluding hydrogens is 396 g/mol. The Kier molecular flexibility index (Phi) is 10.7. The zero-order valence-electron chi connectivity index (χ0n) is 17.1. The summed E-state index contributed by atoms with van der Waals surface area (Å²) in [7, 11) is 0. The highest BCUT2D eigenvalue weighted by Gasteiger charge is 2.20. The van der Waals surface area contributed by atoms with Gasteiger partial charge in [-0.15, -0.1) is 0 Å². The van der Waals surface area contributed by atoms with Gasteiger partial charge in [0.2, 0.25) is 0 Å². The molecule has 0 aliphatic rings. The average molecular weight is 426 g/mol. The third-order valence-corrected chi connectivity index (χ3v) is 4.25. The van der Waals surface area contributed by atoms with E-state index in [1.165, 1.54) is 10.8 Å². The number of hydrogen-bond acceptors (Lipinski definition) is 6. The zero-order chi connectivity index (χ0) is 22.5. The van der Waals surface area contributed by atoms with Crippen LogP contribution in [0, 0.1) is 6.92 Å². The molecule has 1 atom stereocenters. The minimum Gasteiger partial charge on any atom is -0.480 e. The first-order valence-electron chi connectivity index (χ1n) is 9.72. The van der Waals surface area contributed by atoms with Crippen LogP contribution in [-0.2, 0) is 16.1 Å². The number of nitrogens with one attached hydrogen (secondary N) is 2. The van der Waals surface area contributed by atoms with Gasteiger partial charge in [0.05, 0.1) is 6.61 Å². The molecule has 0 radical (unpaired) electrons. The number of aromatic amines is 1. The van der Waals surface area contributed by atoms with Gasteiger partial charge in [0, 0.05) is 24.8 Å². The van der Waals surface area contributed by atoms with Crippen molar-refractivity contribution in [2.45, 2.75) is 58.0 Å². The highest BCUT2D eigenvalue weighted by atomic mass is 16.5. The van der Waals surface area contributed by atoms with Gasteiger partial charge in [0.15, 0.2) is 5.96 Å². The number of aryl methyl sites for hydroxylation is 2. The molecule has 168 valence electrons. The number of aromatic nitrogens is 2. The summed E-state index contributed by atoms with van der Waals surface area (Å²) >= 11 is 0. The monoisotopic (exact) mass is 426 g/mol. The van der Waals surface area contributed by atoms with Crippen LogP contribution in [0.5, 0.6) is 0 Å². The number of guanidine groups is 1. The summed E-state index contributed by atoms with van der Waals surface area (Å²) in [4.78, 5) is 51.9. The zero-order valence-corrected chi connectivity index (χ0v) is 17.1. The highest BCUT2D eigenvalue weighted by molar-refractivity contribution is 5.79. The fraction of sp³-hybridized carbons (Fsp3) is 0.611. The summed E-state index contributed by atoms with van der Waals surface area (Å²) in [5.74, 6) is -1.24. The van der Waals surface area contributed by atoms with Gasteiger partial charge in [-0.05, 0) is 39.0 Å². The number of hydrogen-bond donors (Lipinski definition) is 5. The van der Waals surface area contributed by atoms with E-state index in [0.717, 1.165) is 19.3 Å². The number of amides is 1. The summed E-state index contributed by atoms with van der Waals surface area (Å²) < 4.78 is 6.46. The number of ether oxygens (including phenoxy) is 1. The number of carbonyl (C=O) groups is 2. The van der Waals surface area contributed by atoms with Gasteiger partial charge in [-0.1, -0.05) is 6.42 Å². The van der Waals surface area contributed by atoms with Crippen molar-refractivity contribution >= 4 is 18.0 Å². The van der Waals surface area contributed by atoms with Gasteiger partial charge in [-0.3, -0.25) is 14.8 Å². The number of nitrogens with zero attached hydrogens (tertiary/aromatic N) is 2. The van der Waals surface area contributed by atoms with E-state index in [9.17, 15) is 19.2 Å². The Labute approximate surface area is 173 Å². The summed E-state index contributed by atoms with van der Waals surface area (Å²) in [5.41, 5.74) is 10.0. The normalized spacial score (nSPS) is 11.5. The predicted octanol–water partition coefficient (Wildman–Crippen LogP) is -0.362. The van der Waals surface area contributed by atoms with E-state index in [4.69, 9.17) is 21.3 Å². The predicted molar refractivity (Wildman–Crippen MR) is 110 cm³/mol. The second-order valence-electron chi connectivity index (χ2n) is 6.80. The van der Waals surface area contributed by atoms with E-state index >= 15 is 0 Å². The summed E-state index contributed by atoms with van der Waals surface area (Å²) in [6.07, 6.45) is 4.22. The first kappa shape index (κ1) is 24.7. The Morgan fingerprint density at radius 2 is 1.93 bits per heavy atom. The van der Waals surface area contributed by atoms with E-state index < -0.39 is 23.8 Å². The van der Waals surface area contributed by atoms with Gasteiger partial charge in [0.1, 0.15) is 6.04 Å². The molecule has 0 unspecified atom stereocenters. The molecular formula is C18H30N6O6. The summed E-state index contributed by atoms with van der Waals surface area (Å²) in [6, 6.07) is -1.08. The maximum Gasteiger partial charge on any atom is 0.407 e. The molecule has 12 nitrogen and oxygen atoms in total. The Morgan fingerprint density at radius 1 is 1.23 bits per heavy atom. The van der Waals surface area contributed by atoms with Crippen LogP contribution in [0.1, 0.15) is 44.1 Å². The molecule has 0 saturated carbocycles. The van der Waals surface area contributed by atoms with E-state index in [1.807, 2.05) is 0 Å². The van der Waals surface area contributed by atoms with E-state index in [0.29, 0.717) is 24.9 Å². The van der Waals surface area contributed by atoms with Crippen molar-refractivity contribution in [1.82, 2.24) is 14.9 Å². The first-order valence-corrected chi connectivity index (χ1v) is 9.72. The molecule has 7 N–H and O–H groups in total. The van der Waals surface area contributed by atoms with Crippen LogP contribution in [0.2, 0.25) is 0 Å². The Balaban J connectivity index is 2.20. The van der Waals surface area contributed by atoms with Crippen LogP contribution in [0.3, 0.4) is 0 Å². The van der Waals surface area contributed by atoms with Crippen LogP contribution in [0.25, 0.3) is 0 Å². The van der Waals surface area contributed by atoms with Crippen molar-refractivity contribution in [3.8, 4) is 0 Å². The third kappa shape index (κ3) is 9.75. The molecule has 1 aromatic rings. The maximum absolute atomic E-state index is 11.7. The van der Waals surface area contributed by atoms with Gasteiger partial charge in [-0.2, -0.15) is 0 Å². The molecule has 30 heavy (non-hydrogen) atoms. The number of H-pyrrole nitrogens is 1. The number of alkyl carbamates (subject to hydrolysis) is 1. The van der Waals surface area contributed by atoms with Crippen molar-refractivity contribution < 1.29 is 19.4 Å².